The molecule has 2 atom stereocenters. The van der Waals surface area contributed by atoms with E-state index in [0.29, 0.717) is 26.3 Å². The molecule has 0 aromatic rings. The summed E-state index contributed by atoms with van der Waals surface area (Å²) in [6.07, 6.45) is 1.68. The van der Waals surface area contributed by atoms with Gasteiger partial charge in [-0.2, -0.15) is 0 Å². The maximum atomic E-state index is 12.5. The Balaban J connectivity index is 1.99. The molecule has 6 nitrogen and oxygen atoms in total. The molecule has 2 heterocycles. The van der Waals surface area contributed by atoms with Gasteiger partial charge in [-0.15, -0.1) is 0 Å². The van der Waals surface area contributed by atoms with Gasteiger partial charge in [0.2, 0.25) is 11.8 Å². The largest absolute Gasteiger partial charge is 0.394 e. The van der Waals surface area contributed by atoms with Crippen molar-refractivity contribution in [2.75, 3.05) is 39.5 Å². The predicted octanol–water partition coefficient (Wildman–Crippen LogP) is -0.535. The second-order valence-corrected chi connectivity index (χ2v) is 5.25. The van der Waals surface area contributed by atoms with E-state index in [0.717, 1.165) is 19.4 Å². The number of likely N-dealkylation sites (tertiary alicyclic amines) is 1. The molecule has 2 saturated heterocycles. The van der Waals surface area contributed by atoms with Crippen molar-refractivity contribution in [2.45, 2.75) is 25.8 Å². The van der Waals surface area contributed by atoms with Crippen LogP contribution in [0.25, 0.3) is 0 Å². The molecule has 0 radical (unpaired) electrons. The van der Waals surface area contributed by atoms with Crippen LogP contribution in [0.5, 0.6) is 0 Å². The van der Waals surface area contributed by atoms with Crippen molar-refractivity contribution in [2.24, 2.45) is 5.92 Å². The lowest BCUT2D eigenvalue weighted by Crippen LogP contribution is -2.54. The van der Waals surface area contributed by atoms with Gasteiger partial charge in [0.1, 0.15) is 0 Å². The Hall–Kier alpha value is -1.14. The van der Waals surface area contributed by atoms with Crippen molar-refractivity contribution >= 4 is 11.8 Å². The highest BCUT2D eigenvalue weighted by Crippen LogP contribution is 2.21. The molecule has 2 fully saturated rings. The van der Waals surface area contributed by atoms with Crippen molar-refractivity contribution in [3.05, 3.63) is 0 Å². The summed E-state index contributed by atoms with van der Waals surface area (Å²) in [7, 11) is 0. The zero-order valence-electron chi connectivity index (χ0n) is 11.4. The van der Waals surface area contributed by atoms with Crippen LogP contribution in [0, 0.1) is 5.92 Å². The summed E-state index contributed by atoms with van der Waals surface area (Å²) in [4.78, 5) is 27.4. The second kappa shape index (κ2) is 6.34. The minimum Gasteiger partial charge on any atom is -0.394 e. The van der Waals surface area contributed by atoms with Gasteiger partial charge in [-0.05, 0) is 12.8 Å². The summed E-state index contributed by atoms with van der Waals surface area (Å²) < 4.78 is 5.28. The Bertz CT molecular complexity index is 348. The third-order valence-electron chi connectivity index (χ3n) is 3.94. The molecule has 2 rings (SSSR count). The van der Waals surface area contributed by atoms with Crippen LogP contribution in [0.2, 0.25) is 0 Å². The molecule has 2 aliphatic heterocycles. The average molecular weight is 270 g/mol. The second-order valence-electron chi connectivity index (χ2n) is 5.25. The molecule has 6 heteroatoms. The van der Waals surface area contributed by atoms with Gasteiger partial charge in [0.15, 0.2) is 0 Å². The Morgan fingerprint density at radius 3 is 2.84 bits per heavy atom. The van der Waals surface area contributed by atoms with Gasteiger partial charge < -0.3 is 19.6 Å². The van der Waals surface area contributed by atoms with E-state index in [2.05, 4.69) is 0 Å². The van der Waals surface area contributed by atoms with Crippen LogP contribution >= 0.6 is 0 Å². The van der Waals surface area contributed by atoms with E-state index in [4.69, 9.17) is 4.74 Å². The standard InChI is InChI=1S/C13H22N2O4/c1-10(17)14-4-2-3-11(7-14)13(18)15-5-6-19-9-12(15)8-16/h11-12,16H,2-9H2,1H3. The zero-order chi connectivity index (χ0) is 13.8. The molecule has 108 valence electrons. The highest BCUT2D eigenvalue weighted by molar-refractivity contribution is 5.81. The Morgan fingerprint density at radius 2 is 2.16 bits per heavy atom. The number of piperidine rings is 1. The molecule has 19 heavy (non-hydrogen) atoms. The van der Waals surface area contributed by atoms with Gasteiger partial charge in [0.05, 0.1) is 31.8 Å². The fourth-order valence-electron chi connectivity index (χ4n) is 2.80. The number of carbonyl (C=O) groups is 2. The van der Waals surface area contributed by atoms with E-state index in [1.165, 1.54) is 6.92 Å². The van der Waals surface area contributed by atoms with Crippen LogP contribution in [0.4, 0.5) is 0 Å². The number of ether oxygens (including phenoxy) is 1. The molecular weight excluding hydrogens is 248 g/mol. The summed E-state index contributed by atoms with van der Waals surface area (Å²) in [6, 6.07) is -0.242. The van der Waals surface area contributed by atoms with E-state index in [-0.39, 0.29) is 30.4 Å². The molecule has 2 amide bonds. The smallest absolute Gasteiger partial charge is 0.227 e. The normalized spacial score (nSPS) is 28.3. The lowest BCUT2D eigenvalue weighted by molar-refractivity contribution is -0.149. The summed E-state index contributed by atoms with van der Waals surface area (Å²) in [5.41, 5.74) is 0. The molecule has 2 unspecified atom stereocenters. The number of aliphatic hydroxyl groups is 1. The Morgan fingerprint density at radius 1 is 1.37 bits per heavy atom. The first-order valence-electron chi connectivity index (χ1n) is 6.88. The van der Waals surface area contributed by atoms with Crippen LogP contribution in [0.15, 0.2) is 0 Å². The van der Waals surface area contributed by atoms with Gasteiger partial charge in [-0.25, -0.2) is 0 Å². The van der Waals surface area contributed by atoms with Crippen molar-refractivity contribution in [1.82, 2.24) is 9.80 Å². The third kappa shape index (κ3) is 3.25. The third-order valence-corrected chi connectivity index (χ3v) is 3.94. The maximum Gasteiger partial charge on any atom is 0.227 e. The number of rotatable bonds is 2. The average Bonchev–Trinajstić information content (AvgIpc) is 2.46. The quantitative estimate of drug-likeness (QED) is 0.732. The lowest BCUT2D eigenvalue weighted by atomic mass is 9.95. The van der Waals surface area contributed by atoms with Crippen LogP contribution in [0.3, 0.4) is 0 Å². The van der Waals surface area contributed by atoms with E-state index >= 15 is 0 Å². The molecule has 0 aliphatic carbocycles. The van der Waals surface area contributed by atoms with Gasteiger partial charge in [-0.3, -0.25) is 9.59 Å². The fourth-order valence-corrected chi connectivity index (χ4v) is 2.80. The minimum atomic E-state index is -0.242. The lowest BCUT2D eigenvalue weighted by Gasteiger charge is -2.39. The van der Waals surface area contributed by atoms with E-state index < -0.39 is 0 Å². The zero-order valence-corrected chi connectivity index (χ0v) is 11.4. The number of aliphatic hydroxyl groups excluding tert-OH is 1. The number of carbonyl (C=O) groups excluding carboxylic acids is 2. The summed E-state index contributed by atoms with van der Waals surface area (Å²) in [5, 5.41) is 9.31. The molecule has 0 spiro atoms. The van der Waals surface area contributed by atoms with Crippen molar-refractivity contribution < 1.29 is 19.4 Å². The highest BCUT2D eigenvalue weighted by Gasteiger charge is 2.34. The van der Waals surface area contributed by atoms with Crippen molar-refractivity contribution in [1.29, 1.82) is 0 Å². The molecule has 1 N–H and O–H groups in total. The minimum absolute atomic E-state index is 0.0261. The number of nitrogens with zero attached hydrogens (tertiary/aromatic N) is 2. The van der Waals surface area contributed by atoms with Gasteiger partial charge in [0.25, 0.3) is 0 Å². The molecule has 0 aromatic carbocycles. The number of hydrogen-bond donors (Lipinski definition) is 1. The number of morpholine rings is 1. The van der Waals surface area contributed by atoms with Gasteiger partial charge in [-0.1, -0.05) is 0 Å². The van der Waals surface area contributed by atoms with Crippen LogP contribution in [0.1, 0.15) is 19.8 Å². The van der Waals surface area contributed by atoms with Crippen LogP contribution in [-0.2, 0) is 14.3 Å². The Labute approximate surface area is 113 Å². The fraction of sp³-hybridized carbons (Fsp3) is 0.846. The van der Waals surface area contributed by atoms with Crippen molar-refractivity contribution in [3.63, 3.8) is 0 Å². The molecule has 0 aromatic heterocycles. The predicted molar refractivity (Wildman–Crippen MR) is 68.4 cm³/mol. The topological polar surface area (TPSA) is 70.1 Å². The molecular formula is C13H22N2O4. The maximum absolute atomic E-state index is 12.5. The highest BCUT2D eigenvalue weighted by atomic mass is 16.5. The summed E-state index contributed by atoms with van der Waals surface area (Å²) >= 11 is 0. The van der Waals surface area contributed by atoms with Gasteiger partial charge >= 0.3 is 0 Å². The SMILES string of the molecule is CC(=O)N1CCCC(C(=O)N2CCOCC2CO)C1. The van der Waals surface area contributed by atoms with Gasteiger partial charge in [0, 0.05) is 26.6 Å². The monoisotopic (exact) mass is 270 g/mol. The van der Waals surface area contributed by atoms with E-state index in [1.54, 1.807) is 9.80 Å². The molecule has 0 bridgehead atoms. The molecule has 0 saturated carbocycles. The van der Waals surface area contributed by atoms with E-state index in [9.17, 15) is 14.7 Å². The first-order valence-corrected chi connectivity index (χ1v) is 6.88. The first kappa shape index (κ1) is 14.3. The summed E-state index contributed by atoms with van der Waals surface area (Å²) in [5.74, 6) is -0.0590. The van der Waals surface area contributed by atoms with E-state index in [1.807, 2.05) is 0 Å². The number of hydrogen-bond acceptors (Lipinski definition) is 4. The first-order chi connectivity index (χ1) is 9.13. The summed E-state index contributed by atoms with van der Waals surface area (Å²) in [6.45, 7) is 4.15. The Kier molecular flexibility index (Phi) is 4.76. The van der Waals surface area contributed by atoms with Crippen molar-refractivity contribution in [3.8, 4) is 0 Å². The van der Waals surface area contributed by atoms with Crippen LogP contribution in [-0.4, -0.2) is 72.2 Å². The molecule has 2 aliphatic rings. The number of amides is 2. The van der Waals surface area contributed by atoms with Crippen LogP contribution < -0.4 is 0 Å².